The van der Waals surface area contributed by atoms with Crippen molar-refractivity contribution in [1.82, 2.24) is 0 Å². The molecule has 0 saturated heterocycles. The first-order valence-electron chi connectivity index (χ1n) is 5.09. The minimum Gasteiger partial charge on any atom is -0.386 e. The van der Waals surface area contributed by atoms with Crippen LogP contribution in [0.25, 0.3) is 10.8 Å². The summed E-state index contributed by atoms with van der Waals surface area (Å²) in [6.45, 7) is 2.08. The Hall–Kier alpha value is -1.54. The average Bonchev–Trinajstić information content (AvgIpc) is 2.33. The zero-order chi connectivity index (χ0) is 11.5. The Balaban J connectivity index is 2.68. The van der Waals surface area contributed by atoms with E-state index < -0.39 is 0 Å². The van der Waals surface area contributed by atoms with Gasteiger partial charge in [-0.1, -0.05) is 30.3 Å². The minimum absolute atomic E-state index is 0.252. The van der Waals surface area contributed by atoms with Crippen LogP contribution in [0.3, 0.4) is 0 Å². The molecule has 2 nitrogen and oxygen atoms in total. The quantitative estimate of drug-likeness (QED) is 0.481. The van der Waals surface area contributed by atoms with E-state index in [1.54, 1.807) is 0 Å². The van der Waals surface area contributed by atoms with Gasteiger partial charge in [-0.2, -0.15) is 0 Å². The van der Waals surface area contributed by atoms with E-state index in [1.165, 1.54) is 10.9 Å². The molecule has 3 heteroatoms. The molecular weight excluding hydrogens is 220 g/mol. The van der Waals surface area contributed by atoms with E-state index in [2.05, 4.69) is 18.0 Å². The van der Waals surface area contributed by atoms with Crippen LogP contribution in [0.4, 0.5) is 5.69 Å². The highest BCUT2D eigenvalue weighted by molar-refractivity contribution is 6.28. The first-order valence-corrected chi connectivity index (χ1v) is 5.63. The predicted octanol–water partition coefficient (Wildman–Crippen LogP) is 3.38. The molecule has 82 valence electrons. The Morgan fingerprint density at radius 3 is 2.56 bits per heavy atom. The SMILES string of the molecule is Cc1ccc(N=C(N)CCl)c2ccccc12. The Labute approximate surface area is 99.7 Å². The van der Waals surface area contributed by atoms with Gasteiger partial charge >= 0.3 is 0 Å². The lowest BCUT2D eigenvalue weighted by Crippen LogP contribution is -2.12. The zero-order valence-corrected chi connectivity index (χ0v) is 9.83. The topological polar surface area (TPSA) is 38.4 Å². The maximum absolute atomic E-state index is 5.65. The third-order valence-electron chi connectivity index (χ3n) is 2.52. The van der Waals surface area contributed by atoms with Gasteiger partial charge in [0.2, 0.25) is 0 Å². The Kier molecular flexibility index (Phi) is 3.11. The number of fused-ring (bicyclic) bond motifs is 1. The van der Waals surface area contributed by atoms with Gasteiger partial charge in [-0.05, 0) is 23.9 Å². The fourth-order valence-corrected chi connectivity index (χ4v) is 1.78. The number of nitrogens with zero attached hydrogens (tertiary/aromatic N) is 1. The number of halogens is 1. The van der Waals surface area contributed by atoms with E-state index in [0.29, 0.717) is 5.84 Å². The lowest BCUT2D eigenvalue weighted by atomic mass is 10.0. The molecule has 0 amide bonds. The van der Waals surface area contributed by atoms with Crippen LogP contribution in [0.15, 0.2) is 41.4 Å². The summed E-state index contributed by atoms with van der Waals surface area (Å²) in [7, 11) is 0. The van der Waals surface area contributed by atoms with Crippen LogP contribution in [0.5, 0.6) is 0 Å². The highest BCUT2D eigenvalue weighted by Gasteiger charge is 2.02. The van der Waals surface area contributed by atoms with Crippen molar-refractivity contribution in [3.63, 3.8) is 0 Å². The summed E-state index contributed by atoms with van der Waals surface area (Å²) in [6.07, 6.45) is 0. The van der Waals surface area contributed by atoms with Crippen molar-refractivity contribution < 1.29 is 0 Å². The molecule has 0 spiro atoms. The summed E-state index contributed by atoms with van der Waals surface area (Å²) in [6, 6.07) is 12.2. The second kappa shape index (κ2) is 4.54. The third-order valence-corrected chi connectivity index (χ3v) is 2.79. The molecule has 16 heavy (non-hydrogen) atoms. The fraction of sp³-hybridized carbons (Fsp3) is 0.154. The van der Waals surface area contributed by atoms with Crippen molar-refractivity contribution in [3.8, 4) is 0 Å². The zero-order valence-electron chi connectivity index (χ0n) is 9.07. The minimum atomic E-state index is 0.252. The largest absolute Gasteiger partial charge is 0.386 e. The van der Waals surface area contributed by atoms with Gasteiger partial charge in [0.05, 0.1) is 11.6 Å². The number of rotatable bonds is 2. The van der Waals surface area contributed by atoms with Crippen molar-refractivity contribution in [2.24, 2.45) is 10.7 Å². The Morgan fingerprint density at radius 1 is 1.19 bits per heavy atom. The first kappa shape index (κ1) is 11.0. The van der Waals surface area contributed by atoms with Gasteiger partial charge in [0, 0.05) is 5.39 Å². The lowest BCUT2D eigenvalue weighted by Gasteiger charge is -2.05. The molecule has 0 aliphatic carbocycles. The lowest BCUT2D eigenvalue weighted by molar-refractivity contribution is 1.45. The van der Waals surface area contributed by atoms with Gasteiger partial charge in [0.25, 0.3) is 0 Å². The van der Waals surface area contributed by atoms with Crippen molar-refractivity contribution in [2.45, 2.75) is 6.92 Å². The molecule has 0 aromatic heterocycles. The van der Waals surface area contributed by atoms with Gasteiger partial charge in [-0.25, -0.2) is 4.99 Å². The van der Waals surface area contributed by atoms with E-state index in [9.17, 15) is 0 Å². The molecule has 0 atom stereocenters. The van der Waals surface area contributed by atoms with Crippen molar-refractivity contribution in [1.29, 1.82) is 0 Å². The number of aryl methyl sites for hydroxylation is 1. The van der Waals surface area contributed by atoms with Crippen LogP contribution < -0.4 is 5.73 Å². The molecule has 0 bridgehead atoms. The first-order chi connectivity index (χ1) is 7.72. The summed E-state index contributed by atoms with van der Waals surface area (Å²) in [4.78, 5) is 4.31. The van der Waals surface area contributed by atoms with E-state index in [4.69, 9.17) is 17.3 Å². The summed E-state index contributed by atoms with van der Waals surface area (Å²) in [5.74, 6) is 0.693. The molecule has 2 aromatic carbocycles. The molecular formula is C13H13ClN2. The number of nitrogens with two attached hydrogens (primary N) is 1. The molecule has 2 aromatic rings. The molecule has 2 rings (SSSR count). The summed E-state index contributed by atoms with van der Waals surface area (Å²) in [5, 5.41) is 2.31. The fourth-order valence-electron chi connectivity index (χ4n) is 1.72. The molecule has 0 radical (unpaired) electrons. The molecule has 0 unspecified atom stereocenters. The molecule has 0 heterocycles. The van der Waals surface area contributed by atoms with Gasteiger partial charge < -0.3 is 5.73 Å². The molecule has 0 aliphatic heterocycles. The van der Waals surface area contributed by atoms with Crippen LogP contribution in [0, 0.1) is 6.92 Å². The molecule has 0 saturated carbocycles. The summed E-state index contributed by atoms with van der Waals surface area (Å²) in [5.41, 5.74) is 7.76. The molecule has 2 N–H and O–H groups in total. The predicted molar refractivity (Wildman–Crippen MR) is 70.7 cm³/mol. The van der Waals surface area contributed by atoms with Crippen LogP contribution >= 0.6 is 11.6 Å². The normalized spacial score (nSPS) is 12.0. The highest BCUT2D eigenvalue weighted by Crippen LogP contribution is 2.28. The van der Waals surface area contributed by atoms with E-state index in [0.717, 1.165) is 11.1 Å². The van der Waals surface area contributed by atoms with Crippen molar-refractivity contribution in [2.75, 3.05) is 5.88 Å². The Morgan fingerprint density at radius 2 is 1.88 bits per heavy atom. The number of aliphatic imine (C=N–C) groups is 1. The van der Waals surface area contributed by atoms with Gasteiger partial charge in [-0.3, -0.25) is 0 Å². The van der Waals surface area contributed by atoms with E-state index in [1.807, 2.05) is 30.3 Å². The maximum Gasteiger partial charge on any atom is 0.115 e. The van der Waals surface area contributed by atoms with E-state index >= 15 is 0 Å². The monoisotopic (exact) mass is 232 g/mol. The number of alkyl halides is 1. The number of amidine groups is 1. The third kappa shape index (κ3) is 2.02. The summed E-state index contributed by atoms with van der Waals surface area (Å²) < 4.78 is 0. The van der Waals surface area contributed by atoms with Crippen LogP contribution in [-0.4, -0.2) is 11.7 Å². The number of hydrogen-bond acceptors (Lipinski definition) is 1. The van der Waals surface area contributed by atoms with Gasteiger partial charge in [0.1, 0.15) is 5.84 Å². The highest BCUT2D eigenvalue weighted by atomic mass is 35.5. The van der Waals surface area contributed by atoms with Gasteiger partial charge in [0.15, 0.2) is 0 Å². The van der Waals surface area contributed by atoms with Crippen molar-refractivity contribution >= 4 is 33.9 Å². The second-order valence-corrected chi connectivity index (χ2v) is 3.95. The molecule has 0 aliphatic rings. The average molecular weight is 233 g/mol. The standard InChI is InChI=1S/C13H13ClN2/c1-9-6-7-12(16-13(15)8-14)11-5-3-2-4-10(9)11/h2-7H,8H2,1H3,(H2,15,16). The Bertz CT molecular complexity index is 547. The van der Waals surface area contributed by atoms with Crippen molar-refractivity contribution in [3.05, 3.63) is 42.0 Å². The maximum atomic E-state index is 5.65. The van der Waals surface area contributed by atoms with E-state index in [-0.39, 0.29) is 5.88 Å². The smallest absolute Gasteiger partial charge is 0.115 e. The second-order valence-electron chi connectivity index (χ2n) is 3.68. The molecule has 0 fully saturated rings. The summed E-state index contributed by atoms with van der Waals surface area (Å²) >= 11 is 5.63. The van der Waals surface area contributed by atoms with Crippen LogP contribution in [-0.2, 0) is 0 Å². The number of hydrogen-bond donors (Lipinski definition) is 1. The van der Waals surface area contributed by atoms with Crippen LogP contribution in [0.2, 0.25) is 0 Å². The van der Waals surface area contributed by atoms with Gasteiger partial charge in [-0.15, -0.1) is 11.6 Å². The number of benzene rings is 2. The van der Waals surface area contributed by atoms with Crippen LogP contribution in [0.1, 0.15) is 5.56 Å².